The van der Waals surface area contributed by atoms with Crippen molar-refractivity contribution < 1.29 is 15.1 Å². The van der Waals surface area contributed by atoms with E-state index in [2.05, 4.69) is 15.0 Å². The van der Waals surface area contributed by atoms with Crippen molar-refractivity contribution in [1.82, 2.24) is 0 Å². The van der Waals surface area contributed by atoms with Crippen molar-refractivity contribution in [2.24, 2.45) is 5.28 Å². The van der Waals surface area contributed by atoms with Gasteiger partial charge >= 0.3 is 0 Å². The second-order valence-electron chi connectivity index (χ2n) is 1.30. The van der Waals surface area contributed by atoms with Gasteiger partial charge in [-0.2, -0.15) is 0 Å². The first-order chi connectivity index (χ1) is 4.31. The van der Waals surface area contributed by atoms with Crippen molar-refractivity contribution in [2.45, 2.75) is 6.10 Å². The van der Waals surface area contributed by atoms with Crippen LogP contribution in [0, 0.1) is 0 Å². The van der Waals surface area contributed by atoms with Crippen molar-refractivity contribution in [2.75, 3.05) is 13.2 Å². The lowest BCUT2D eigenvalue weighted by molar-refractivity contribution is 0.00629. The first-order valence-electron chi connectivity index (χ1n) is 2.26. The second kappa shape index (κ2) is 5.17. The average Bonchev–Trinajstić information content (AvgIpc) is 1.89. The van der Waals surface area contributed by atoms with E-state index in [-0.39, 0.29) is 6.61 Å². The van der Waals surface area contributed by atoms with E-state index >= 15 is 0 Å². The van der Waals surface area contributed by atoms with Gasteiger partial charge in [0.15, 0.2) is 0 Å². The lowest BCUT2D eigenvalue weighted by Crippen LogP contribution is -2.17. The molecule has 0 saturated heterocycles. The number of aliphatic hydroxyl groups is 2. The highest BCUT2D eigenvalue weighted by atomic mass is 16.6. The van der Waals surface area contributed by atoms with Gasteiger partial charge in [-0.25, -0.2) is 0 Å². The van der Waals surface area contributed by atoms with Crippen LogP contribution in [0.15, 0.2) is 5.28 Å². The molecule has 0 saturated carbocycles. The normalized spacial score (nSPS) is 11.8. The minimum Gasteiger partial charge on any atom is -0.431 e. The van der Waals surface area contributed by atoms with Crippen LogP contribution in [0.5, 0.6) is 0 Å². The van der Waals surface area contributed by atoms with Gasteiger partial charge in [0.1, 0.15) is 18.0 Å². The number of aliphatic hydroxyl groups excluding tert-OH is 2. The zero-order chi connectivity index (χ0) is 7.11. The predicted octanol–water partition coefficient (Wildman–Crippen LogP) is -0.418. The second-order valence-corrected chi connectivity index (χ2v) is 1.30. The molecule has 0 spiro atoms. The predicted molar refractivity (Wildman–Crippen MR) is 28.2 cm³/mol. The van der Waals surface area contributed by atoms with Crippen molar-refractivity contribution >= 4 is 0 Å². The minimum absolute atomic E-state index is 0.180. The van der Waals surface area contributed by atoms with Gasteiger partial charge in [0.25, 0.3) is 0 Å². The largest absolute Gasteiger partial charge is 0.431 e. The van der Waals surface area contributed by atoms with E-state index in [1.165, 1.54) is 0 Å². The summed E-state index contributed by atoms with van der Waals surface area (Å²) < 4.78 is 0. The van der Waals surface area contributed by atoms with Crippen LogP contribution in [0.25, 0.3) is 10.4 Å². The van der Waals surface area contributed by atoms with Crippen molar-refractivity contribution in [3.63, 3.8) is 0 Å². The van der Waals surface area contributed by atoms with Gasteiger partial charge in [0.05, 0.1) is 6.61 Å². The molecule has 1 unspecified atom stereocenters. The standard InChI is InChI=1S/C3H7N3O3/c4-5-6-9-2-3(8)1-7/h3,7-8H,1-2H2. The Morgan fingerprint density at radius 1 is 1.78 bits per heavy atom. The maximum absolute atomic E-state index is 8.53. The third kappa shape index (κ3) is 4.89. The third-order valence-corrected chi connectivity index (χ3v) is 0.572. The Hall–Kier alpha value is -0.970. The van der Waals surface area contributed by atoms with Gasteiger partial charge in [-0.05, 0) is 5.53 Å². The van der Waals surface area contributed by atoms with Crippen LogP contribution in [0.3, 0.4) is 0 Å². The van der Waals surface area contributed by atoms with Crippen LogP contribution in [0.4, 0.5) is 0 Å². The Balaban J connectivity index is 3.16. The maximum Gasteiger partial charge on any atom is 0.125 e. The summed E-state index contributed by atoms with van der Waals surface area (Å²) in [5.74, 6) is 0. The van der Waals surface area contributed by atoms with Gasteiger partial charge in [0, 0.05) is 4.91 Å². The molecule has 6 nitrogen and oxygen atoms in total. The highest BCUT2D eigenvalue weighted by molar-refractivity contribution is 4.46. The molecule has 0 heterocycles. The molecule has 6 heteroatoms. The Morgan fingerprint density at radius 2 is 2.44 bits per heavy atom. The molecular weight excluding hydrogens is 126 g/mol. The molecule has 1 atom stereocenters. The summed E-state index contributed by atoms with van der Waals surface area (Å²) in [5.41, 5.74) is 7.64. The fourth-order valence-electron chi connectivity index (χ4n) is 0.198. The van der Waals surface area contributed by atoms with E-state index in [1.807, 2.05) is 0 Å². The fourth-order valence-corrected chi connectivity index (χ4v) is 0.198. The lowest BCUT2D eigenvalue weighted by Gasteiger charge is -2.02. The van der Waals surface area contributed by atoms with Crippen molar-refractivity contribution in [3.05, 3.63) is 10.4 Å². The molecule has 0 aliphatic heterocycles. The Labute approximate surface area is 51.3 Å². The van der Waals surface area contributed by atoms with Crippen LogP contribution in [0.2, 0.25) is 0 Å². The molecule has 0 aromatic heterocycles. The SMILES string of the molecule is [N-]=[N+]=NOCC(O)CO. The first-order valence-corrected chi connectivity index (χ1v) is 2.26. The number of hydrogen-bond acceptors (Lipinski definition) is 4. The summed E-state index contributed by atoms with van der Waals surface area (Å²) in [6.07, 6.45) is -0.976. The van der Waals surface area contributed by atoms with Gasteiger partial charge in [-0.1, -0.05) is 0 Å². The van der Waals surface area contributed by atoms with E-state index in [0.717, 1.165) is 0 Å². The summed E-state index contributed by atoms with van der Waals surface area (Å²) in [4.78, 5) is 6.39. The molecule has 9 heavy (non-hydrogen) atoms. The summed E-state index contributed by atoms with van der Waals surface area (Å²) in [5, 5.41) is 19.4. The molecular formula is C3H7N3O3. The number of rotatable bonds is 4. The maximum atomic E-state index is 8.53. The molecule has 0 amide bonds. The first kappa shape index (κ1) is 8.03. The van der Waals surface area contributed by atoms with Crippen LogP contribution < -0.4 is 0 Å². The Morgan fingerprint density at radius 3 is 2.89 bits per heavy atom. The molecule has 0 rings (SSSR count). The number of nitrogens with zero attached hydrogens (tertiary/aromatic N) is 3. The molecule has 0 aromatic rings. The van der Waals surface area contributed by atoms with Gasteiger partial charge in [-0.15, -0.1) is 0 Å². The molecule has 0 radical (unpaired) electrons. The summed E-state index contributed by atoms with van der Waals surface area (Å²) in [6, 6.07) is 0. The number of azide groups is 1. The molecule has 0 aliphatic carbocycles. The van der Waals surface area contributed by atoms with Crippen molar-refractivity contribution in [1.29, 1.82) is 0 Å². The minimum atomic E-state index is -0.976. The van der Waals surface area contributed by atoms with E-state index < -0.39 is 12.7 Å². The lowest BCUT2D eigenvalue weighted by atomic mass is 10.4. The fraction of sp³-hybridized carbons (Fsp3) is 1.00. The zero-order valence-corrected chi connectivity index (χ0v) is 4.64. The summed E-state index contributed by atoms with van der Waals surface area (Å²) in [6.45, 7) is -0.582. The molecule has 2 N–H and O–H groups in total. The van der Waals surface area contributed by atoms with Crippen LogP contribution in [-0.4, -0.2) is 29.5 Å². The molecule has 0 aliphatic rings. The highest BCUT2D eigenvalue weighted by Gasteiger charge is 1.98. The molecule has 0 bridgehead atoms. The van der Waals surface area contributed by atoms with Crippen LogP contribution in [-0.2, 0) is 4.84 Å². The smallest absolute Gasteiger partial charge is 0.125 e. The topological polar surface area (TPSA) is 98.5 Å². The van der Waals surface area contributed by atoms with Crippen molar-refractivity contribution in [3.8, 4) is 0 Å². The summed E-state index contributed by atoms with van der Waals surface area (Å²) in [7, 11) is 0. The monoisotopic (exact) mass is 133 g/mol. The molecule has 0 fully saturated rings. The Kier molecular flexibility index (Phi) is 4.61. The van der Waals surface area contributed by atoms with Crippen LogP contribution >= 0.6 is 0 Å². The van der Waals surface area contributed by atoms with Gasteiger partial charge in [0.2, 0.25) is 0 Å². The highest BCUT2D eigenvalue weighted by Crippen LogP contribution is 1.83. The summed E-state index contributed by atoms with van der Waals surface area (Å²) >= 11 is 0. The van der Waals surface area contributed by atoms with Gasteiger partial charge in [-0.3, -0.25) is 0 Å². The average molecular weight is 133 g/mol. The van der Waals surface area contributed by atoms with Gasteiger partial charge < -0.3 is 15.1 Å². The number of hydrogen-bond donors (Lipinski definition) is 2. The van der Waals surface area contributed by atoms with E-state index in [9.17, 15) is 0 Å². The molecule has 52 valence electrons. The quantitative estimate of drug-likeness (QED) is 0.236. The van der Waals surface area contributed by atoms with E-state index in [4.69, 9.17) is 15.7 Å². The zero-order valence-electron chi connectivity index (χ0n) is 4.64. The molecule has 0 aromatic carbocycles. The van der Waals surface area contributed by atoms with Crippen LogP contribution in [0.1, 0.15) is 0 Å². The van der Waals surface area contributed by atoms with E-state index in [0.29, 0.717) is 0 Å². The van der Waals surface area contributed by atoms with E-state index in [1.54, 1.807) is 0 Å². The Bertz CT molecular complexity index is 111. The third-order valence-electron chi connectivity index (χ3n) is 0.572.